The Kier molecular flexibility index (Phi) is 4.19. The predicted octanol–water partition coefficient (Wildman–Crippen LogP) is 2.56. The fraction of sp³-hybridized carbons (Fsp3) is 0.600. The zero-order valence-corrected chi connectivity index (χ0v) is 11.3. The van der Waals surface area contributed by atoms with E-state index in [4.69, 9.17) is 0 Å². The molecular weight excluding hydrogens is 208 g/mol. The summed E-state index contributed by atoms with van der Waals surface area (Å²) in [5.41, 5.74) is 4.49. The Balaban J connectivity index is 2.14. The molecule has 1 aromatic carbocycles. The third-order valence-electron chi connectivity index (χ3n) is 3.77. The maximum atomic E-state index is 3.39. The number of nitrogens with zero attached hydrogens (tertiary/aromatic N) is 1. The van der Waals surface area contributed by atoms with Crippen molar-refractivity contribution in [2.75, 3.05) is 13.1 Å². The first-order valence-electron chi connectivity index (χ1n) is 6.80. The first-order valence-corrected chi connectivity index (χ1v) is 6.80. The van der Waals surface area contributed by atoms with Crippen LogP contribution in [-0.2, 0) is 19.5 Å². The zero-order valence-electron chi connectivity index (χ0n) is 11.3. The van der Waals surface area contributed by atoms with Crippen LogP contribution in [0.1, 0.15) is 37.5 Å². The van der Waals surface area contributed by atoms with Crippen LogP contribution < -0.4 is 5.32 Å². The summed E-state index contributed by atoms with van der Waals surface area (Å²) < 4.78 is 0. The molecule has 1 atom stereocenters. The van der Waals surface area contributed by atoms with Crippen LogP contribution >= 0.6 is 0 Å². The average Bonchev–Trinajstić information content (AvgIpc) is 2.35. The van der Waals surface area contributed by atoms with Crippen molar-refractivity contribution in [2.45, 2.75) is 46.3 Å². The van der Waals surface area contributed by atoms with Crippen LogP contribution in [-0.4, -0.2) is 24.0 Å². The molecule has 94 valence electrons. The van der Waals surface area contributed by atoms with Gasteiger partial charge in [0.05, 0.1) is 0 Å². The molecule has 1 heterocycles. The van der Waals surface area contributed by atoms with Crippen LogP contribution in [0.4, 0.5) is 0 Å². The minimum atomic E-state index is 0.682. The van der Waals surface area contributed by atoms with Crippen molar-refractivity contribution in [1.82, 2.24) is 10.2 Å². The molecule has 0 saturated carbocycles. The summed E-state index contributed by atoms with van der Waals surface area (Å²) in [6.07, 6.45) is 1.20. The molecule has 0 aromatic heterocycles. The van der Waals surface area contributed by atoms with E-state index >= 15 is 0 Å². The normalized spacial score (nSPS) is 20.3. The molecule has 1 aliphatic rings. The Hall–Kier alpha value is -0.860. The molecule has 0 saturated heterocycles. The summed E-state index contributed by atoms with van der Waals surface area (Å²) in [5, 5.41) is 3.39. The highest BCUT2D eigenvalue weighted by molar-refractivity contribution is 5.34. The maximum absolute atomic E-state index is 3.39. The summed E-state index contributed by atoms with van der Waals surface area (Å²) in [5.74, 6) is 0. The molecule has 1 aliphatic heterocycles. The van der Waals surface area contributed by atoms with E-state index in [0.717, 1.165) is 26.2 Å². The minimum absolute atomic E-state index is 0.682. The lowest BCUT2D eigenvalue weighted by Gasteiger charge is -2.34. The monoisotopic (exact) mass is 232 g/mol. The van der Waals surface area contributed by atoms with Crippen molar-refractivity contribution in [3.05, 3.63) is 34.9 Å². The van der Waals surface area contributed by atoms with Gasteiger partial charge in [0.2, 0.25) is 0 Å². The molecule has 17 heavy (non-hydrogen) atoms. The van der Waals surface area contributed by atoms with Crippen LogP contribution in [0, 0.1) is 0 Å². The van der Waals surface area contributed by atoms with Gasteiger partial charge in [-0.05, 0) is 43.1 Å². The molecule has 0 amide bonds. The summed E-state index contributed by atoms with van der Waals surface area (Å²) in [6, 6.07) is 7.66. The van der Waals surface area contributed by atoms with Crippen molar-refractivity contribution in [1.29, 1.82) is 0 Å². The number of hydrogen-bond acceptors (Lipinski definition) is 2. The molecule has 1 N–H and O–H groups in total. The highest BCUT2D eigenvalue weighted by Crippen LogP contribution is 2.24. The van der Waals surface area contributed by atoms with Crippen molar-refractivity contribution in [3.8, 4) is 0 Å². The van der Waals surface area contributed by atoms with Crippen molar-refractivity contribution in [3.63, 3.8) is 0 Å². The Morgan fingerprint density at radius 2 is 2.12 bits per heavy atom. The summed E-state index contributed by atoms with van der Waals surface area (Å²) in [4.78, 5) is 2.55. The number of hydrogen-bond donors (Lipinski definition) is 1. The highest BCUT2D eigenvalue weighted by Gasteiger charge is 2.21. The van der Waals surface area contributed by atoms with Gasteiger partial charge in [0.15, 0.2) is 0 Å². The summed E-state index contributed by atoms with van der Waals surface area (Å²) in [7, 11) is 0. The lowest BCUT2D eigenvalue weighted by atomic mass is 9.93. The molecule has 0 aliphatic carbocycles. The van der Waals surface area contributed by atoms with E-state index < -0.39 is 0 Å². The Labute approximate surface area is 105 Å². The fourth-order valence-electron chi connectivity index (χ4n) is 2.65. The molecule has 1 aromatic rings. The molecular formula is C15H24N2. The van der Waals surface area contributed by atoms with Gasteiger partial charge in [-0.2, -0.15) is 0 Å². The van der Waals surface area contributed by atoms with E-state index in [1.54, 1.807) is 5.56 Å². The largest absolute Gasteiger partial charge is 0.313 e. The minimum Gasteiger partial charge on any atom is -0.313 e. The smallest absolute Gasteiger partial charge is 0.0239 e. The molecule has 0 fully saturated rings. The number of nitrogens with one attached hydrogen (secondary N) is 1. The van der Waals surface area contributed by atoms with Gasteiger partial charge >= 0.3 is 0 Å². The van der Waals surface area contributed by atoms with Gasteiger partial charge in [0, 0.05) is 19.1 Å². The highest BCUT2D eigenvalue weighted by atomic mass is 15.1. The number of fused-ring (bicyclic) bond motifs is 1. The molecule has 0 bridgehead atoms. The molecule has 0 spiro atoms. The van der Waals surface area contributed by atoms with Gasteiger partial charge in [0.25, 0.3) is 0 Å². The van der Waals surface area contributed by atoms with Gasteiger partial charge in [0.1, 0.15) is 0 Å². The molecule has 2 nitrogen and oxygen atoms in total. The van der Waals surface area contributed by atoms with E-state index in [2.05, 4.69) is 49.2 Å². The molecule has 1 unspecified atom stereocenters. The second-order valence-corrected chi connectivity index (χ2v) is 5.00. The fourth-order valence-corrected chi connectivity index (χ4v) is 2.65. The van der Waals surface area contributed by atoms with Crippen LogP contribution in [0.25, 0.3) is 0 Å². The van der Waals surface area contributed by atoms with Crippen molar-refractivity contribution >= 4 is 0 Å². The van der Waals surface area contributed by atoms with E-state index in [1.807, 2.05) is 0 Å². The number of benzene rings is 1. The molecule has 0 radical (unpaired) electrons. The lowest BCUT2D eigenvalue weighted by Crippen LogP contribution is -2.38. The second kappa shape index (κ2) is 5.65. The SMILES string of the molecule is CCNCc1ccc2c(c1)CC(C)N(CC)C2. The van der Waals surface area contributed by atoms with Gasteiger partial charge in [-0.3, -0.25) is 4.90 Å². The topological polar surface area (TPSA) is 15.3 Å². The lowest BCUT2D eigenvalue weighted by molar-refractivity contribution is 0.194. The number of likely N-dealkylation sites (N-methyl/N-ethyl adjacent to an activating group) is 1. The quantitative estimate of drug-likeness (QED) is 0.858. The van der Waals surface area contributed by atoms with E-state index in [-0.39, 0.29) is 0 Å². The Morgan fingerprint density at radius 1 is 1.29 bits per heavy atom. The van der Waals surface area contributed by atoms with Gasteiger partial charge in [-0.25, -0.2) is 0 Å². The van der Waals surface area contributed by atoms with E-state index in [9.17, 15) is 0 Å². The van der Waals surface area contributed by atoms with E-state index in [1.165, 1.54) is 17.5 Å². The van der Waals surface area contributed by atoms with E-state index in [0.29, 0.717) is 6.04 Å². The third-order valence-corrected chi connectivity index (χ3v) is 3.77. The Bertz CT molecular complexity index is 373. The van der Waals surface area contributed by atoms with Crippen molar-refractivity contribution < 1.29 is 0 Å². The zero-order chi connectivity index (χ0) is 12.3. The van der Waals surface area contributed by atoms with Gasteiger partial charge in [-0.15, -0.1) is 0 Å². The average molecular weight is 232 g/mol. The predicted molar refractivity (Wildman–Crippen MR) is 73.1 cm³/mol. The van der Waals surface area contributed by atoms with Crippen molar-refractivity contribution in [2.24, 2.45) is 0 Å². The van der Waals surface area contributed by atoms with Crippen LogP contribution in [0.3, 0.4) is 0 Å². The summed E-state index contributed by atoms with van der Waals surface area (Å²) in [6.45, 7) is 11.0. The van der Waals surface area contributed by atoms with Crippen LogP contribution in [0.5, 0.6) is 0 Å². The maximum Gasteiger partial charge on any atom is 0.0239 e. The first kappa shape index (κ1) is 12.6. The molecule has 2 heteroatoms. The third kappa shape index (κ3) is 2.88. The second-order valence-electron chi connectivity index (χ2n) is 5.00. The standard InChI is InChI=1S/C15H24N2/c1-4-16-10-13-6-7-14-11-17(5-2)12(3)8-15(14)9-13/h6-7,9,12,16H,4-5,8,10-11H2,1-3H3. The first-order chi connectivity index (χ1) is 8.24. The summed E-state index contributed by atoms with van der Waals surface area (Å²) >= 11 is 0. The molecule has 2 rings (SSSR count). The van der Waals surface area contributed by atoms with Crippen LogP contribution in [0.2, 0.25) is 0 Å². The van der Waals surface area contributed by atoms with Gasteiger partial charge in [-0.1, -0.05) is 32.0 Å². The van der Waals surface area contributed by atoms with Gasteiger partial charge < -0.3 is 5.32 Å². The number of rotatable bonds is 4. The Morgan fingerprint density at radius 3 is 2.82 bits per heavy atom. The van der Waals surface area contributed by atoms with Crippen LogP contribution in [0.15, 0.2) is 18.2 Å².